The third-order valence-electron chi connectivity index (χ3n) is 6.23. The molecule has 224 valence electrons. The van der Waals surface area contributed by atoms with Gasteiger partial charge < -0.3 is 25.8 Å². The second-order valence-corrected chi connectivity index (χ2v) is 10.2. The highest BCUT2D eigenvalue weighted by Gasteiger charge is 2.22. The van der Waals surface area contributed by atoms with E-state index in [1.807, 2.05) is 32.0 Å². The number of alkyl halides is 1. The van der Waals surface area contributed by atoms with Crippen LogP contribution in [0, 0.1) is 11.8 Å². The van der Waals surface area contributed by atoms with Crippen LogP contribution in [0.1, 0.15) is 64.4 Å². The number of hydrogen-bond donors (Lipinski definition) is 3. The Morgan fingerprint density at radius 3 is 2.73 bits per heavy atom. The van der Waals surface area contributed by atoms with E-state index in [1.54, 1.807) is 31.5 Å². The fraction of sp³-hybridized carbons (Fsp3) is 0.548. The number of unbranched alkanes of at least 4 members (excludes halogenated alkanes) is 1. The van der Waals surface area contributed by atoms with Gasteiger partial charge in [0.15, 0.2) is 0 Å². The molecule has 2 unspecified atom stereocenters. The smallest absolute Gasteiger partial charge is 0.246 e. The van der Waals surface area contributed by atoms with Crippen molar-refractivity contribution in [3.05, 3.63) is 47.8 Å². The van der Waals surface area contributed by atoms with Crippen molar-refractivity contribution >= 4 is 23.6 Å². The molecule has 1 heterocycles. The van der Waals surface area contributed by atoms with Crippen molar-refractivity contribution in [1.82, 2.24) is 25.1 Å². The van der Waals surface area contributed by atoms with E-state index in [0.717, 1.165) is 37.9 Å². The monoisotopic (exact) mass is 567 g/mol. The van der Waals surface area contributed by atoms with Crippen LogP contribution in [0.5, 0.6) is 0 Å². The number of nitrogens with zero attached hydrogens (tertiary/aromatic N) is 4. The second kappa shape index (κ2) is 18.6. The molecule has 0 aliphatic heterocycles. The molecule has 3 N–H and O–H groups in total. The number of carbonyl (C=O) groups is 2. The Morgan fingerprint density at radius 1 is 1.22 bits per heavy atom. The number of aromatic nitrogens is 2. The predicted octanol–water partition coefficient (Wildman–Crippen LogP) is 4.28. The van der Waals surface area contributed by atoms with Crippen molar-refractivity contribution in [2.75, 3.05) is 51.4 Å². The largest absolute Gasteiger partial charge is 0.369 e. The zero-order valence-corrected chi connectivity index (χ0v) is 25.2. The van der Waals surface area contributed by atoms with E-state index in [1.165, 1.54) is 11.0 Å². The van der Waals surface area contributed by atoms with Crippen molar-refractivity contribution in [3.63, 3.8) is 0 Å². The molecule has 1 aliphatic carbocycles. The maximum atomic E-state index is 13.7. The number of rotatable bonds is 15. The Kier molecular flexibility index (Phi) is 15.2. The first-order valence-corrected chi connectivity index (χ1v) is 14.5. The van der Waals surface area contributed by atoms with Gasteiger partial charge in [-0.1, -0.05) is 43.9 Å². The fourth-order valence-electron chi connectivity index (χ4n) is 3.96. The second-order valence-electron chi connectivity index (χ2n) is 10.2. The van der Waals surface area contributed by atoms with Gasteiger partial charge in [-0.15, -0.1) is 0 Å². The zero-order valence-electron chi connectivity index (χ0n) is 25.2. The molecule has 0 fully saturated rings. The first-order valence-electron chi connectivity index (χ1n) is 14.5. The Morgan fingerprint density at radius 2 is 2.02 bits per heavy atom. The number of amides is 2. The molecule has 1 aliphatic rings. The quantitative estimate of drug-likeness (QED) is 0.126. The molecule has 2 amide bonds. The number of hydrogen-bond acceptors (Lipinski definition) is 7. The molecule has 0 spiro atoms. The summed E-state index contributed by atoms with van der Waals surface area (Å²) in [5.74, 6) is 6.87. The maximum absolute atomic E-state index is 13.7. The summed E-state index contributed by atoms with van der Waals surface area (Å²) in [5, 5.41) is 9.36. The number of carbonyl (C=O) groups excluding carboxylic acids is 2. The van der Waals surface area contributed by atoms with Crippen LogP contribution in [0.4, 0.5) is 16.2 Å². The van der Waals surface area contributed by atoms with Gasteiger partial charge in [0.2, 0.25) is 17.8 Å². The fourth-order valence-corrected chi connectivity index (χ4v) is 3.96. The lowest BCUT2D eigenvalue weighted by Crippen LogP contribution is -2.46. The van der Waals surface area contributed by atoms with Crippen LogP contribution in [-0.2, 0) is 9.59 Å². The van der Waals surface area contributed by atoms with Crippen LogP contribution in [0.15, 0.2) is 42.3 Å². The highest BCUT2D eigenvalue weighted by atomic mass is 19.1. The van der Waals surface area contributed by atoms with E-state index < -0.39 is 12.2 Å². The number of anilines is 2. The van der Waals surface area contributed by atoms with Crippen LogP contribution in [0.25, 0.3) is 0 Å². The standard InChI is InChI=1S/C31H46FN7O2/c1-6-8-17-27(39(5)28(40)18-13-21-38(3)4)30(41)34-20-11-9-10-14-24-23-35-31(37-29(24)33-19-7-2)36-26-16-12-15-25(32)22-26/h8,13,17-18,22-23,25,27H,6-7,9,11-12,15-16,19-21H2,1-5H3,(H,34,41)(H2,33,35,36,37)/b17-8+,18-13+. The van der Waals surface area contributed by atoms with Gasteiger partial charge in [0.1, 0.15) is 18.0 Å². The first-order chi connectivity index (χ1) is 19.7. The van der Waals surface area contributed by atoms with Gasteiger partial charge in [0.05, 0.1) is 11.8 Å². The minimum Gasteiger partial charge on any atom is -0.369 e. The minimum atomic E-state index is -0.934. The summed E-state index contributed by atoms with van der Waals surface area (Å²) >= 11 is 0. The van der Waals surface area contributed by atoms with E-state index in [0.29, 0.717) is 49.7 Å². The number of nitrogens with one attached hydrogen (secondary N) is 3. The molecule has 41 heavy (non-hydrogen) atoms. The van der Waals surface area contributed by atoms with E-state index >= 15 is 0 Å². The normalized spacial score (nSPS) is 15.8. The molecular weight excluding hydrogens is 521 g/mol. The van der Waals surface area contributed by atoms with Gasteiger partial charge in [-0.05, 0) is 58.7 Å². The van der Waals surface area contributed by atoms with Crippen molar-refractivity contribution in [2.24, 2.45) is 0 Å². The molecule has 2 rings (SSSR count). The predicted molar refractivity (Wildman–Crippen MR) is 164 cm³/mol. The van der Waals surface area contributed by atoms with Gasteiger partial charge in [-0.25, -0.2) is 9.37 Å². The zero-order chi connectivity index (χ0) is 30.0. The molecule has 0 saturated carbocycles. The lowest BCUT2D eigenvalue weighted by atomic mass is 10.0. The summed E-state index contributed by atoms with van der Waals surface area (Å²) in [6.07, 6.45) is 14.3. The Bertz CT molecular complexity index is 1140. The summed E-state index contributed by atoms with van der Waals surface area (Å²) in [5.41, 5.74) is 1.48. The minimum absolute atomic E-state index is 0.225. The van der Waals surface area contributed by atoms with E-state index in [9.17, 15) is 14.0 Å². The molecule has 1 aromatic rings. The summed E-state index contributed by atoms with van der Waals surface area (Å²) in [7, 11) is 5.48. The van der Waals surface area contributed by atoms with Gasteiger partial charge in [0.25, 0.3) is 0 Å². The van der Waals surface area contributed by atoms with Crippen LogP contribution in [0.2, 0.25) is 0 Å². The number of allylic oxidation sites excluding steroid dienone is 3. The highest BCUT2D eigenvalue weighted by Crippen LogP contribution is 2.22. The molecule has 0 aromatic carbocycles. The third kappa shape index (κ3) is 12.6. The Labute approximate surface area is 244 Å². The van der Waals surface area contributed by atoms with Gasteiger partial charge in [-0.3, -0.25) is 9.59 Å². The van der Waals surface area contributed by atoms with Crippen molar-refractivity contribution < 1.29 is 14.0 Å². The molecule has 1 aromatic heterocycles. The molecule has 0 radical (unpaired) electrons. The van der Waals surface area contributed by atoms with Crippen LogP contribution >= 0.6 is 0 Å². The summed E-state index contributed by atoms with van der Waals surface area (Å²) < 4.78 is 13.7. The summed E-state index contributed by atoms with van der Waals surface area (Å²) in [4.78, 5) is 37.8. The Hall–Kier alpha value is -3.71. The number of likely N-dealkylation sites (N-methyl/N-ethyl adjacent to an activating group) is 2. The van der Waals surface area contributed by atoms with E-state index in [-0.39, 0.29) is 11.8 Å². The maximum Gasteiger partial charge on any atom is 0.246 e. The van der Waals surface area contributed by atoms with Gasteiger partial charge in [-0.2, -0.15) is 4.98 Å². The third-order valence-corrected chi connectivity index (χ3v) is 6.23. The molecule has 0 saturated heterocycles. The van der Waals surface area contributed by atoms with Gasteiger partial charge >= 0.3 is 0 Å². The van der Waals surface area contributed by atoms with Crippen molar-refractivity contribution in [1.29, 1.82) is 0 Å². The molecule has 0 bridgehead atoms. The lowest BCUT2D eigenvalue weighted by molar-refractivity contribution is -0.134. The van der Waals surface area contributed by atoms with Crippen LogP contribution in [-0.4, -0.2) is 84.6 Å². The van der Waals surface area contributed by atoms with Crippen molar-refractivity contribution in [2.45, 2.75) is 71.0 Å². The summed E-state index contributed by atoms with van der Waals surface area (Å²) in [6.45, 7) is 5.87. The van der Waals surface area contributed by atoms with Crippen molar-refractivity contribution in [3.8, 4) is 11.8 Å². The highest BCUT2D eigenvalue weighted by molar-refractivity contribution is 5.93. The molecule has 10 heteroatoms. The molecular formula is C31H46FN7O2. The van der Waals surface area contributed by atoms with Crippen LogP contribution < -0.4 is 16.0 Å². The lowest BCUT2D eigenvalue weighted by Gasteiger charge is -2.24. The molecule has 9 nitrogen and oxygen atoms in total. The molecule has 2 atom stereocenters. The average Bonchev–Trinajstić information content (AvgIpc) is 2.94. The number of halogens is 1. The van der Waals surface area contributed by atoms with E-state index in [2.05, 4.69) is 44.7 Å². The SMILES string of the molecule is CC/C=C/C(C(=O)NCCCC#Cc1cnc(NC2=CC(F)CCC2)nc1NCCC)N(C)C(=O)/C=C/CN(C)C. The van der Waals surface area contributed by atoms with Gasteiger partial charge in [0, 0.05) is 44.9 Å². The first kappa shape index (κ1) is 33.5. The van der Waals surface area contributed by atoms with Crippen LogP contribution in [0.3, 0.4) is 0 Å². The Balaban J connectivity index is 1.94. The average molecular weight is 568 g/mol. The van der Waals surface area contributed by atoms with E-state index in [4.69, 9.17) is 0 Å². The topological polar surface area (TPSA) is 102 Å². The summed E-state index contributed by atoms with van der Waals surface area (Å²) in [6, 6.07) is -0.686.